The second kappa shape index (κ2) is 5.51. The molecule has 3 heteroatoms. The lowest BCUT2D eigenvalue weighted by Crippen LogP contribution is -2.59. The molecule has 3 aromatic rings. The van der Waals surface area contributed by atoms with Crippen molar-refractivity contribution in [3.8, 4) is 16.9 Å². The molecule has 7 rings (SSSR count). The van der Waals surface area contributed by atoms with Gasteiger partial charge in [-0.05, 0) is 113 Å². The average molecular weight is 411 g/mol. The molecule has 4 saturated carbocycles. The van der Waals surface area contributed by atoms with Crippen LogP contribution in [0.2, 0.25) is 0 Å². The number of phenols is 1. The molecule has 0 radical (unpaired) electrons. The van der Waals surface area contributed by atoms with Gasteiger partial charge in [0, 0.05) is 5.39 Å². The van der Waals surface area contributed by atoms with Crippen LogP contribution in [0.4, 0.5) is 0 Å². The largest absolute Gasteiger partial charge is 0.507 e. The van der Waals surface area contributed by atoms with Gasteiger partial charge in [-0.25, -0.2) is 4.79 Å². The molecule has 4 aliphatic carbocycles. The van der Waals surface area contributed by atoms with E-state index in [4.69, 9.17) is 0 Å². The summed E-state index contributed by atoms with van der Waals surface area (Å²) >= 11 is 0. The Bertz CT molecular complexity index is 1290. The van der Waals surface area contributed by atoms with E-state index in [0.717, 1.165) is 28.7 Å². The Kier molecular flexibility index (Phi) is 3.17. The number of phenolic OH excluding ortho intramolecular Hbond substituents is 1. The molecule has 4 fully saturated rings. The van der Waals surface area contributed by atoms with Crippen molar-refractivity contribution in [2.75, 3.05) is 0 Å². The third-order valence-electron chi connectivity index (χ3n) is 9.66. The summed E-state index contributed by atoms with van der Waals surface area (Å²) in [6, 6.07) is 15.8. The van der Waals surface area contributed by atoms with E-state index in [1.807, 2.05) is 18.2 Å². The molecular weight excluding hydrogens is 384 g/mol. The molecule has 2 unspecified atom stereocenters. The van der Waals surface area contributed by atoms with Gasteiger partial charge >= 0.3 is 5.97 Å². The van der Waals surface area contributed by atoms with E-state index in [1.165, 1.54) is 49.3 Å². The van der Waals surface area contributed by atoms with Crippen molar-refractivity contribution in [1.29, 1.82) is 0 Å². The van der Waals surface area contributed by atoms with E-state index in [9.17, 15) is 15.0 Å². The number of carboxylic acid groups (broad SMARTS) is 1. The van der Waals surface area contributed by atoms with Gasteiger partial charge in [-0.2, -0.15) is 0 Å². The number of hydrogen-bond donors (Lipinski definition) is 2. The first-order valence-corrected chi connectivity index (χ1v) is 11.5. The van der Waals surface area contributed by atoms with Crippen LogP contribution in [0, 0.1) is 30.1 Å². The number of hydrogen-bond acceptors (Lipinski definition) is 2. The third kappa shape index (κ3) is 2.07. The number of aryl methyl sites for hydroxylation is 1. The van der Waals surface area contributed by atoms with Crippen LogP contribution in [0.1, 0.15) is 53.6 Å². The molecule has 0 aromatic heterocycles. The van der Waals surface area contributed by atoms with Gasteiger partial charge in [0.1, 0.15) is 5.75 Å². The monoisotopic (exact) mass is 410 g/mol. The zero-order chi connectivity index (χ0) is 21.1. The van der Waals surface area contributed by atoms with Gasteiger partial charge in [-0.1, -0.05) is 30.3 Å². The molecule has 3 aromatic carbocycles. The second-order valence-corrected chi connectivity index (χ2v) is 10.8. The minimum Gasteiger partial charge on any atom is -0.507 e. The fourth-order valence-corrected chi connectivity index (χ4v) is 8.41. The van der Waals surface area contributed by atoms with Crippen molar-refractivity contribution in [2.45, 2.75) is 44.4 Å². The van der Waals surface area contributed by atoms with Crippen LogP contribution in [0.25, 0.3) is 21.9 Å². The Morgan fingerprint density at radius 1 is 0.935 bits per heavy atom. The molecule has 2 atom stereocenters. The van der Waals surface area contributed by atoms with Crippen LogP contribution < -0.4 is 0 Å². The van der Waals surface area contributed by atoms with E-state index in [0.29, 0.717) is 16.2 Å². The van der Waals surface area contributed by atoms with Crippen molar-refractivity contribution in [3.05, 3.63) is 65.2 Å². The lowest BCUT2D eigenvalue weighted by Gasteiger charge is -2.66. The summed E-state index contributed by atoms with van der Waals surface area (Å²) in [6.07, 6.45) is 7.10. The second-order valence-electron chi connectivity index (χ2n) is 10.8. The summed E-state index contributed by atoms with van der Waals surface area (Å²) in [6.45, 7) is 2.27. The Balaban J connectivity index is 1.32. The smallest absolute Gasteiger partial charge is 0.335 e. The van der Waals surface area contributed by atoms with E-state index < -0.39 is 5.97 Å². The lowest BCUT2D eigenvalue weighted by molar-refractivity contribution is -0.175. The maximum Gasteiger partial charge on any atom is 0.335 e. The van der Waals surface area contributed by atoms with Crippen molar-refractivity contribution in [3.63, 3.8) is 0 Å². The number of aromatic carboxylic acids is 1. The summed E-state index contributed by atoms with van der Waals surface area (Å²) in [5, 5.41) is 21.2. The quantitative estimate of drug-likeness (QED) is 0.533. The maximum absolute atomic E-state index is 11.3. The summed E-state index contributed by atoms with van der Waals surface area (Å²) in [5.74, 6) is 1.95. The molecule has 4 aliphatic rings. The fraction of sp³-hybridized carbons (Fsp3) is 0.393. The van der Waals surface area contributed by atoms with Crippen LogP contribution >= 0.6 is 0 Å². The zero-order valence-electron chi connectivity index (χ0n) is 17.7. The SMILES string of the molecule is Cc1ccc(-c2ccc3cc(C(=O)O)cc(O)c3c2)cc1C12CC3CC4CC(C1)C43C2. The molecule has 0 aliphatic heterocycles. The van der Waals surface area contributed by atoms with Gasteiger partial charge < -0.3 is 10.2 Å². The summed E-state index contributed by atoms with van der Waals surface area (Å²) in [5.41, 5.74) is 6.41. The van der Waals surface area contributed by atoms with Crippen LogP contribution in [-0.2, 0) is 5.41 Å². The van der Waals surface area contributed by atoms with Gasteiger partial charge in [0.2, 0.25) is 0 Å². The van der Waals surface area contributed by atoms with E-state index in [1.54, 1.807) is 11.6 Å². The Morgan fingerprint density at radius 2 is 1.65 bits per heavy atom. The van der Waals surface area contributed by atoms with Crippen LogP contribution in [-0.4, -0.2) is 16.2 Å². The zero-order valence-corrected chi connectivity index (χ0v) is 17.7. The predicted molar refractivity (Wildman–Crippen MR) is 120 cm³/mol. The fourth-order valence-electron chi connectivity index (χ4n) is 8.41. The molecule has 3 nitrogen and oxygen atoms in total. The van der Waals surface area contributed by atoms with Gasteiger partial charge in [0.15, 0.2) is 0 Å². The van der Waals surface area contributed by atoms with Crippen LogP contribution in [0.3, 0.4) is 0 Å². The van der Waals surface area contributed by atoms with E-state index in [-0.39, 0.29) is 11.3 Å². The first-order valence-electron chi connectivity index (χ1n) is 11.5. The van der Waals surface area contributed by atoms with Crippen molar-refractivity contribution in [1.82, 2.24) is 0 Å². The standard InChI is InChI=1S/C28H26O3/c1-15-2-3-17(16-4-5-18-6-19(26(30)31)9-25(29)23(18)7-16)8-24(15)27-12-21-10-20-11-22(13-27)28(20,21)14-27/h2-9,20-22,29H,10-14H2,1H3,(H,30,31). The summed E-state index contributed by atoms with van der Waals surface area (Å²) in [4.78, 5) is 11.3. The van der Waals surface area contributed by atoms with Crippen LogP contribution in [0.5, 0.6) is 5.75 Å². The predicted octanol–water partition coefficient (Wildman–Crippen LogP) is 6.30. The van der Waals surface area contributed by atoms with Gasteiger partial charge in [-0.15, -0.1) is 0 Å². The molecular formula is C28H26O3. The van der Waals surface area contributed by atoms with Crippen LogP contribution in [0.15, 0.2) is 48.5 Å². The molecule has 156 valence electrons. The normalized spacial score (nSPS) is 34.3. The number of rotatable bonds is 3. The molecule has 0 amide bonds. The Morgan fingerprint density at radius 3 is 2.32 bits per heavy atom. The topological polar surface area (TPSA) is 57.5 Å². The molecule has 1 spiro atoms. The highest BCUT2D eigenvalue weighted by Crippen LogP contribution is 2.84. The number of benzene rings is 3. The first kappa shape index (κ1) is 17.8. The minimum absolute atomic E-state index is 0.0209. The average Bonchev–Trinajstić information content (AvgIpc) is 3.22. The molecule has 2 N–H and O–H groups in total. The van der Waals surface area contributed by atoms with Gasteiger partial charge in [0.05, 0.1) is 5.56 Å². The molecule has 31 heavy (non-hydrogen) atoms. The highest BCUT2D eigenvalue weighted by molar-refractivity contribution is 5.99. The summed E-state index contributed by atoms with van der Waals surface area (Å²) in [7, 11) is 0. The highest BCUT2D eigenvalue weighted by Gasteiger charge is 2.77. The number of aromatic hydroxyl groups is 1. The molecule has 2 bridgehead atoms. The Labute approximate surface area is 181 Å². The maximum atomic E-state index is 11.3. The van der Waals surface area contributed by atoms with Gasteiger partial charge in [0.25, 0.3) is 0 Å². The molecule has 0 heterocycles. The number of fused-ring (bicyclic) bond motifs is 2. The first-order chi connectivity index (χ1) is 14.9. The van der Waals surface area contributed by atoms with Crippen molar-refractivity contribution in [2.24, 2.45) is 23.2 Å². The van der Waals surface area contributed by atoms with Crippen molar-refractivity contribution < 1.29 is 15.0 Å². The number of carboxylic acids is 1. The van der Waals surface area contributed by atoms with Gasteiger partial charge in [-0.3, -0.25) is 0 Å². The van der Waals surface area contributed by atoms with E-state index in [2.05, 4.69) is 25.1 Å². The molecule has 0 saturated heterocycles. The highest BCUT2D eigenvalue weighted by atomic mass is 16.4. The van der Waals surface area contributed by atoms with E-state index >= 15 is 0 Å². The number of carbonyl (C=O) groups is 1. The minimum atomic E-state index is -1.03. The van der Waals surface area contributed by atoms with Crippen molar-refractivity contribution >= 4 is 16.7 Å². The Hall–Kier alpha value is -2.81. The third-order valence-corrected chi connectivity index (χ3v) is 9.66. The lowest BCUT2D eigenvalue weighted by atomic mass is 9.38. The summed E-state index contributed by atoms with van der Waals surface area (Å²) < 4.78 is 0.